The van der Waals surface area contributed by atoms with Crippen LogP contribution in [0.3, 0.4) is 0 Å². The smallest absolute Gasteiger partial charge is 0.242 e. The second-order valence-electron chi connectivity index (χ2n) is 6.01. The summed E-state index contributed by atoms with van der Waals surface area (Å²) >= 11 is 0. The lowest BCUT2D eigenvalue weighted by Gasteiger charge is -2.15. The number of carbonyl (C=O) groups excluding carboxylic acids is 1. The molecule has 0 spiro atoms. The van der Waals surface area contributed by atoms with Crippen molar-refractivity contribution in [3.63, 3.8) is 0 Å². The molecule has 29 heavy (non-hydrogen) atoms. The maximum absolute atomic E-state index is 12.1. The van der Waals surface area contributed by atoms with Crippen molar-refractivity contribution in [2.45, 2.75) is 6.42 Å². The van der Waals surface area contributed by atoms with Gasteiger partial charge in [0, 0.05) is 6.07 Å². The lowest BCUT2D eigenvalue weighted by molar-refractivity contribution is -0.119. The molecule has 3 aromatic rings. The predicted molar refractivity (Wildman–Crippen MR) is 111 cm³/mol. The molecule has 0 aliphatic carbocycles. The van der Waals surface area contributed by atoms with E-state index in [4.69, 9.17) is 15.2 Å². The Labute approximate surface area is 168 Å². The van der Waals surface area contributed by atoms with Crippen molar-refractivity contribution in [1.29, 1.82) is 0 Å². The summed E-state index contributed by atoms with van der Waals surface area (Å²) in [5.74, 6) is 1.64. The number of nitrogen functional groups attached to an aromatic ring is 1. The largest absolute Gasteiger partial charge is 0.497 e. The molecule has 0 saturated heterocycles. The molecule has 0 atom stereocenters. The van der Waals surface area contributed by atoms with Crippen LogP contribution in [0.25, 0.3) is 0 Å². The average Bonchev–Trinajstić information content (AvgIpc) is 2.75. The molecule has 0 aliphatic heterocycles. The molecule has 0 unspecified atom stereocenters. The molecule has 0 saturated carbocycles. The van der Waals surface area contributed by atoms with Gasteiger partial charge >= 0.3 is 0 Å². The van der Waals surface area contributed by atoms with E-state index in [1.807, 2.05) is 30.3 Å². The van der Waals surface area contributed by atoms with E-state index in [0.29, 0.717) is 23.0 Å². The third-order valence-electron chi connectivity index (χ3n) is 4.07. The van der Waals surface area contributed by atoms with Gasteiger partial charge in [0.2, 0.25) is 5.91 Å². The maximum atomic E-state index is 12.1. The minimum absolute atomic E-state index is 0.224. The van der Waals surface area contributed by atoms with Gasteiger partial charge in [-0.2, -0.15) is 0 Å². The van der Waals surface area contributed by atoms with Crippen molar-refractivity contribution < 1.29 is 14.3 Å². The highest BCUT2D eigenvalue weighted by atomic mass is 16.5. The van der Waals surface area contributed by atoms with Crippen LogP contribution in [0.5, 0.6) is 11.5 Å². The highest BCUT2D eigenvalue weighted by Crippen LogP contribution is 2.33. The zero-order chi connectivity index (χ0) is 20.6. The Morgan fingerprint density at radius 2 is 1.79 bits per heavy atom. The second kappa shape index (κ2) is 9.27. The van der Waals surface area contributed by atoms with Crippen LogP contribution in [0.15, 0.2) is 54.9 Å². The first-order valence-corrected chi connectivity index (χ1v) is 8.79. The van der Waals surface area contributed by atoms with E-state index in [1.54, 1.807) is 32.4 Å². The van der Waals surface area contributed by atoms with Crippen LogP contribution in [0.4, 0.5) is 23.0 Å². The number of hydrazine groups is 1. The lowest BCUT2D eigenvalue weighted by atomic mass is 10.1. The Morgan fingerprint density at radius 1 is 1.03 bits per heavy atom. The fraction of sp³-hybridized carbons (Fsp3) is 0.150. The van der Waals surface area contributed by atoms with E-state index >= 15 is 0 Å². The van der Waals surface area contributed by atoms with Crippen LogP contribution < -0.4 is 31.4 Å². The molecule has 0 radical (unpaired) electrons. The number of nitrogens with one attached hydrogen (secondary N) is 3. The van der Waals surface area contributed by atoms with Gasteiger partial charge in [0.15, 0.2) is 11.6 Å². The number of ether oxygens (including phenoxy) is 2. The van der Waals surface area contributed by atoms with E-state index in [-0.39, 0.29) is 23.8 Å². The lowest BCUT2D eigenvalue weighted by Crippen LogP contribution is -2.31. The van der Waals surface area contributed by atoms with E-state index in [2.05, 4.69) is 26.1 Å². The molecule has 150 valence electrons. The van der Waals surface area contributed by atoms with Gasteiger partial charge in [-0.3, -0.25) is 15.6 Å². The number of nitrogens with two attached hydrogens (primary N) is 1. The van der Waals surface area contributed by atoms with Gasteiger partial charge in [-0.05, 0) is 17.7 Å². The summed E-state index contributed by atoms with van der Waals surface area (Å²) < 4.78 is 10.6. The molecule has 0 fully saturated rings. The molecule has 2 aromatic carbocycles. The Hall–Kier alpha value is -4.01. The molecule has 5 N–H and O–H groups in total. The van der Waals surface area contributed by atoms with Gasteiger partial charge in [0.25, 0.3) is 0 Å². The fourth-order valence-corrected chi connectivity index (χ4v) is 2.59. The fourth-order valence-electron chi connectivity index (χ4n) is 2.59. The number of aromatic nitrogens is 2. The molecule has 0 bridgehead atoms. The Balaban J connectivity index is 1.70. The van der Waals surface area contributed by atoms with Crippen molar-refractivity contribution in [1.82, 2.24) is 15.4 Å². The summed E-state index contributed by atoms with van der Waals surface area (Å²) in [5, 5.41) is 3.10. The van der Waals surface area contributed by atoms with Crippen LogP contribution >= 0.6 is 0 Å². The van der Waals surface area contributed by atoms with Crippen molar-refractivity contribution >= 4 is 28.9 Å². The van der Waals surface area contributed by atoms with E-state index in [1.165, 1.54) is 6.33 Å². The van der Waals surface area contributed by atoms with E-state index in [9.17, 15) is 4.79 Å². The molecular formula is C20H22N6O3. The molecule has 3 rings (SSSR count). The number of hydrogen-bond donors (Lipinski definition) is 4. The number of anilines is 4. The number of benzene rings is 2. The van der Waals surface area contributed by atoms with Gasteiger partial charge in [-0.25, -0.2) is 9.97 Å². The molecule has 0 aliphatic rings. The Bertz CT molecular complexity index is 981. The van der Waals surface area contributed by atoms with Crippen LogP contribution in [0, 0.1) is 0 Å². The van der Waals surface area contributed by atoms with Gasteiger partial charge in [-0.1, -0.05) is 30.3 Å². The molecule has 1 amide bonds. The van der Waals surface area contributed by atoms with Crippen molar-refractivity contribution in [3.05, 3.63) is 60.4 Å². The van der Waals surface area contributed by atoms with Crippen molar-refractivity contribution in [3.8, 4) is 11.5 Å². The topological polar surface area (TPSA) is 123 Å². The highest BCUT2D eigenvalue weighted by Gasteiger charge is 2.12. The van der Waals surface area contributed by atoms with Gasteiger partial charge in [0.1, 0.15) is 23.5 Å². The third-order valence-corrected chi connectivity index (χ3v) is 4.07. The van der Waals surface area contributed by atoms with E-state index < -0.39 is 0 Å². The summed E-state index contributed by atoms with van der Waals surface area (Å²) in [6.07, 6.45) is 1.56. The summed E-state index contributed by atoms with van der Waals surface area (Å²) in [7, 11) is 3.14. The molecule has 9 heteroatoms. The van der Waals surface area contributed by atoms with Crippen LogP contribution in [0.2, 0.25) is 0 Å². The summed E-state index contributed by atoms with van der Waals surface area (Å²) in [6.45, 7) is 0. The minimum atomic E-state index is -0.224. The van der Waals surface area contributed by atoms with Crippen LogP contribution in [-0.2, 0) is 11.2 Å². The average molecular weight is 394 g/mol. The summed E-state index contributed by atoms with van der Waals surface area (Å²) in [4.78, 5) is 20.4. The highest BCUT2D eigenvalue weighted by molar-refractivity contribution is 5.83. The van der Waals surface area contributed by atoms with Crippen molar-refractivity contribution in [2.75, 3.05) is 30.7 Å². The number of rotatable bonds is 8. The monoisotopic (exact) mass is 394 g/mol. The third kappa shape index (κ3) is 5.04. The van der Waals surface area contributed by atoms with E-state index in [0.717, 1.165) is 5.56 Å². The first-order chi connectivity index (χ1) is 14.1. The molecular weight excluding hydrogens is 372 g/mol. The van der Waals surface area contributed by atoms with Crippen molar-refractivity contribution in [2.24, 2.45) is 0 Å². The summed E-state index contributed by atoms with van der Waals surface area (Å²) in [6, 6.07) is 14.7. The Kier molecular flexibility index (Phi) is 6.31. The number of nitrogens with zero attached hydrogens (tertiary/aromatic N) is 2. The van der Waals surface area contributed by atoms with Gasteiger partial charge in [0.05, 0.1) is 26.3 Å². The maximum Gasteiger partial charge on any atom is 0.242 e. The zero-order valence-electron chi connectivity index (χ0n) is 16.1. The Morgan fingerprint density at radius 3 is 2.52 bits per heavy atom. The number of methoxy groups -OCH3 is 2. The quantitative estimate of drug-likeness (QED) is 0.430. The molecule has 1 aromatic heterocycles. The molecule has 1 heterocycles. The first kappa shape index (κ1) is 19.7. The SMILES string of the molecule is COc1ccc(OC)c(Nc2ncnc(NNC(=O)Cc3ccccc3)c2N)c1. The van der Waals surface area contributed by atoms with Crippen LogP contribution in [-0.4, -0.2) is 30.1 Å². The standard InChI is InChI=1S/C20H22N6O3/c1-28-14-8-9-16(29-2)15(11-14)24-19-18(21)20(23-12-22-19)26-25-17(27)10-13-6-4-3-5-7-13/h3-9,11-12H,10,21H2,1-2H3,(H,25,27)(H2,22,23,24,26). The second-order valence-corrected chi connectivity index (χ2v) is 6.01. The van der Waals surface area contributed by atoms with Gasteiger partial charge in [-0.15, -0.1) is 0 Å². The number of hydrogen-bond acceptors (Lipinski definition) is 8. The number of amides is 1. The predicted octanol–water partition coefficient (Wildman–Crippen LogP) is 2.51. The molecule has 9 nitrogen and oxygen atoms in total. The number of carbonyl (C=O) groups is 1. The van der Waals surface area contributed by atoms with Crippen LogP contribution in [0.1, 0.15) is 5.56 Å². The minimum Gasteiger partial charge on any atom is -0.497 e. The zero-order valence-corrected chi connectivity index (χ0v) is 16.1. The summed E-state index contributed by atoms with van der Waals surface area (Å²) in [5.41, 5.74) is 13.2. The normalized spacial score (nSPS) is 10.1. The first-order valence-electron chi connectivity index (χ1n) is 8.79. The van der Waals surface area contributed by atoms with Gasteiger partial charge < -0.3 is 20.5 Å².